The number of aryl methyl sites for hydroxylation is 1. The minimum Gasteiger partial charge on any atom is -0.444 e. The number of nitrogens with one attached hydrogen (secondary N) is 1. The lowest BCUT2D eigenvalue weighted by Crippen LogP contribution is -2.35. The Kier molecular flexibility index (Phi) is 3.71. The van der Waals surface area contributed by atoms with Crippen LogP contribution < -0.4 is 5.32 Å². The molecule has 19 heavy (non-hydrogen) atoms. The Labute approximate surface area is 112 Å². The van der Waals surface area contributed by atoms with Gasteiger partial charge in [-0.15, -0.1) is 0 Å². The third-order valence-corrected chi connectivity index (χ3v) is 2.77. The molecule has 1 aromatic heterocycles. The van der Waals surface area contributed by atoms with Crippen LogP contribution in [-0.2, 0) is 6.54 Å². The molecule has 0 aliphatic carbocycles. The molecule has 0 fully saturated rings. The van der Waals surface area contributed by atoms with Crippen molar-refractivity contribution in [3.8, 4) is 11.5 Å². The molecule has 2 rings (SSSR count). The molecule has 0 aliphatic rings. The molecule has 1 N–H and O–H groups in total. The van der Waals surface area contributed by atoms with E-state index >= 15 is 0 Å². The van der Waals surface area contributed by atoms with Crippen molar-refractivity contribution >= 4 is 0 Å². The average Bonchev–Trinajstić information content (AvgIpc) is 2.74. The number of oxazole rings is 1. The third-order valence-electron chi connectivity index (χ3n) is 2.77. The van der Waals surface area contributed by atoms with Crippen LogP contribution in [0, 0.1) is 12.7 Å². The lowest BCUT2D eigenvalue weighted by Gasteiger charge is -2.19. The monoisotopic (exact) mass is 262 g/mol. The molecular weight excluding hydrogens is 243 g/mol. The highest BCUT2D eigenvalue weighted by molar-refractivity contribution is 5.58. The second-order valence-corrected chi connectivity index (χ2v) is 5.71. The molecule has 0 aliphatic heterocycles. The van der Waals surface area contributed by atoms with Gasteiger partial charge in [0, 0.05) is 17.6 Å². The first-order valence-electron chi connectivity index (χ1n) is 6.31. The smallest absolute Gasteiger partial charge is 0.226 e. The summed E-state index contributed by atoms with van der Waals surface area (Å²) in [5.74, 6) is 0.283. The summed E-state index contributed by atoms with van der Waals surface area (Å²) in [4.78, 5) is 4.42. The van der Waals surface area contributed by atoms with E-state index in [0.717, 1.165) is 16.8 Å². The molecule has 0 saturated carbocycles. The van der Waals surface area contributed by atoms with E-state index in [1.165, 1.54) is 12.1 Å². The van der Waals surface area contributed by atoms with Crippen LogP contribution in [0.15, 0.2) is 28.9 Å². The Hall–Kier alpha value is -1.68. The summed E-state index contributed by atoms with van der Waals surface area (Å²) in [7, 11) is 0. The summed E-state index contributed by atoms with van der Waals surface area (Å²) in [5.41, 5.74) is 2.51. The Morgan fingerprint density at radius 3 is 2.68 bits per heavy atom. The SMILES string of the molecule is Cc1cc(F)ccc1-c1nc(CNC(C)(C)C)co1. The summed E-state index contributed by atoms with van der Waals surface area (Å²) >= 11 is 0. The van der Waals surface area contributed by atoms with E-state index < -0.39 is 0 Å². The highest BCUT2D eigenvalue weighted by atomic mass is 19.1. The minimum absolute atomic E-state index is 0.0326. The Bertz CT molecular complexity index is 570. The van der Waals surface area contributed by atoms with Gasteiger partial charge in [0.05, 0.1) is 5.69 Å². The quantitative estimate of drug-likeness (QED) is 0.917. The first-order chi connectivity index (χ1) is 8.85. The Morgan fingerprint density at radius 1 is 1.32 bits per heavy atom. The van der Waals surface area contributed by atoms with E-state index in [9.17, 15) is 4.39 Å². The summed E-state index contributed by atoms with van der Waals surface area (Å²) in [5, 5.41) is 3.34. The summed E-state index contributed by atoms with van der Waals surface area (Å²) in [6, 6.07) is 4.59. The maximum absolute atomic E-state index is 13.1. The standard InChI is InChI=1S/C15H19FN2O/c1-10-7-11(16)5-6-13(10)14-18-12(9-19-14)8-17-15(2,3)4/h5-7,9,17H,8H2,1-4H3. The predicted molar refractivity (Wildman–Crippen MR) is 73.2 cm³/mol. The van der Waals surface area contributed by atoms with Crippen molar-refractivity contribution in [1.82, 2.24) is 10.3 Å². The van der Waals surface area contributed by atoms with Gasteiger partial charge >= 0.3 is 0 Å². The fourth-order valence-corrected chi connectivity index (χ4v) is 1.73. The second-order valence-electron chi connectivity index (χ2n) is 5.71. The van der Waals surface area contributed by atoms with Crippen LogP contribution in [0.3, 0.4) is 0 Å². The number of rotatable bonds is 3. The van der Waals surface area contributed by atoms with Crippen LogP contribution in [0.5, 0.6) is 0 Å². The Morgan fingerprint density at radius 2 is 2.05 bits per heavy atom. The molecule has 0 amide bonds. The van der Waals surface area contributed by atoms with Crippen LogP contribution in [0.2, 0.25) is 0 Å². The summed E-state index contributed by atoms with van der Waals surface area (Å²) in [6.45, 7) is 8.78. The molecule has 3 nitrogen and oxygen atoms in total. The van der Waals surface area contributed by atoms with Crippen molar-refractivity contribution in [2.75, 3.05) is 0 Å². The highest BCUT2D eigenvalue weighted by Crippen LogP contribution is 2.23. The number of aromatic nitrogens is 1. The number of benzene rings is 1. The van der Waals surface area contributed by atoms with Gasteiger partial charge in [0.25, 0.3) is 0 Å². The average molecular weight is 262 g/mol. The predicted octanol–water partition coefficient (Wildman–Crippen LogP) is 3.68. The maximum atomic E-state index is 13.1. The van der Waals surface area contributed by atoms with Crippen molar-refractivity contribution < 1.29 is 8.81 Å². The number of hydrogen-bond donors (Lipinski definition) is 1. The van der Waals surface area contributed by atoms with Crippen molar-refractivity contribution in [1.29, 1.82) is 0 Å². The van der Waals surface area contributed by atoms with Crippen LogP contribution in [-0.4, -0.2) is 10.5 Å². The Balaban J connectivity index is 2.16. The largest absolute Gasteiger partial charge is 0.444 e. The van der Waals surface area contributed by atoms with Crippen LogP contribution in [0.4, 0.5) is 4.39 Å². The van der Waals surface area contributed by atoms with Gasteiger partial charge < -0.3 is 9.73 Å². The molecular formula is C15H19FN2O. The molecule has 0 radical (unpaired) electrons. The van der Waals surface area contributed by atoms with E-state index in [-0.39, 0.29) is 11.4 Å². The lowest BCUT2D eigenvalue weighted by atomic mass is 10.1. The summed E-state index contributed by atoms with van der Waals surface area (Å²) < 4.78 is 18.5. The molecule has 0 unspecified atom stereocenters. The zero-order valence-corrected chi connectivity index (χ0v) is 11.7. The normalized spacial score (nSPS) is 11.8. The van der Waals surface area contributed by atoms with Gasteiger partial charge in [-0.3, -0.25) is 0 Å². The van der Waals surface area contributed by atoms with Gasteiger partial charge in [-0.2, -0.15) is 0 Å². The number of hydrogen-bond acceptors (Lipinski definition) is 3. The van der Waals surface area contributed by atoms with Crippen LogP contribution in [0.25, 0.3) is 11.5 Å². The molecule has 4 heteroatoms. The topological polar surface area (TPSA) is 38.1 Å². The van der Waals surface area contributed by atoms with Gasteiger partial charge in [0.1, 0.15) is 12.1 Å². The first-order valence-corrected chi connectivity index (χ1v) is 6.31. The maximum Gasteiger partial charge on any atom is 0.226 e. The zero-order valence-electron chi connectivity index (χ0n) is 11.7. The third kappa shape index (κ3) is 3.64. The minimum atomic E-state index is -0.248. The van der Waals surface area contributed by atoms with Gasteiger partial charge in [0.15, 0.2) is 0 Å². The van der Waals surface area contributed by atoms with E-state index in [0.29, 0.717) is 12.4 Å². The van der Waals surface area contributed by atoms with E-state index in [4.69, 9.17) is 4.42 Å². The molecule has 0 bridgehead atoms. The molecule has 102 valence electrons. The second kappa shape index (κ2) is 5.13. The fourth-order valence-electron chi connectivity index (χ4n) is 1.73. The molecule has 0 spiro atoms. The van der Waals surface area contributed by atoms with Crippen molar-refractivity contribution in [3.05, 3.63) is 41.5 Å². The van der Waals surface area contributed by atoms with E-state index in [2.05, 4.69) is 31.1 Å². The van der Waals surface area contributed by atoms with Gasteiger partial charge in [-0.25, -0.2) is 9.37 Å². The molecule has 2 aromatic rings. The van der Waals surface area contributed by atoms with Crippen molar-refractivity contribution in [3.63, 3.8) is 0 Å². The van der Waals surface area contributed by atoms with Crippen LogP contribution >= 0.6 is 0 Å². The van der Waals surface area contributed by atoms with Crippen molar-refractivity contribution in [2.45, 2.75) is 39.8 Å². The van der Waals surface area contributed by atoms with Gasteiger partial charge in [-0.1, -0.05) is 0 Å². The van der Waals surface area contributed by atoms with Crippen molar-refractivity contribution in [2.24, 2.45) is 0 Å². The molecule has 0 saturated heterocycles. The fraction of sp³-hybridized carbons (Fsp3) is 0.400. The molecule has 1 heterocycles. The van der Waals surface area contributed by atoms with E-state index in [1.54, 1.807) is 12.3 Å². The number of nitrogens with zero attached hydrogens (tertiary/aromatic N) is 1. The molecule has 1 aromatic carbocycles. The van der Waals surface area contributed by atoms with Crippen LogP contribution in [0.1, 0.15) is 32.0 Å². The number of halogens is 1. The van der Waals surface area contributed by atoms with Gasteiger partial charge in [0.2, 0.25) is 5.89 Å². The summed E-state index contributed by atoms with van der Waals surface area (Å²) in [6.07, 6.45) is 1.64. The zero-order chi connectivity index (χ0) is 14.0. The van der Waals surface area contributed by atoms with Gasteiger partial charge in [-0.05, 0) is 51.5 Å². The highest BCUT2D eigenvalue weighted by Gasteiger charge is 2.13. The molecule has 0 atom stereocenters. The lowest BCUT2D eigenvalue weighted by molar-refractivity contribution is 0.421. The first kappa shape index (κ1) is 13.7. The van der Waals surface area contributed by atoms with E-state index in [1.807, 2.05) is 6.92 Å².